The average molecular weight is 356 g/mol. The SMILES string of the molecule is CCN(CCC(=O)O)C(=O)c1ccc(S(=O)(=O)N(CC)CC)cc1. The van der Waals surface area contributed by atoms with Gasteiger partial charge in [-0.2, -0.15) is 4.31 Å². The molecule has 0 heterocycles. The van der Waals surface area contributed by atoms with E-state index in [0.29, 0.717) is 25.2 Å². The van der Waals surface area contributed by atoms with E-state index in [0.717, 1.165) is 0 Å². The number of benzene rings is 1. The van der Waals surface area contributed by atoms with Crippen LogP contribution >= 0.6 is 0 Å². The third-order valence-corrected chi connectivity index (χ3v) is 5.77. The van der Waals surface area contributed by atoms with Crippen LogP contribution in [0.15, 0.2) is 29.2 Å². The van der Waals surface area contributed by atoms with Gasteiger partial charge in [0.15, 0.2) is 0 Å². The molecule has 0 bridgehead atoms. The van der Waals surface area contributed by atoms with Crippen molar-refractivity contribution in [2.24, 2.45) is 0 Å². The molecule has 1 rings (SSSR count). The first-order valence-corrected chi connectivity index (χ1v) is 9.33. The average Bonchev–Trinajstić information content (AvgIpc) is 2.56. The third kappa shape index (κ3) is 4.78. The zero-order valence-corrected chi connectivity index (χ0v) is 15.0. The van der Waals surface area contributed by atoms with Crippen LogP contribution in [0, 0.1) is 0 Å². The Balaban J connectivity index is 2.97. The monoisotopic (exact) mass is 356 g/mol. The molecule has 0 aliphatic heterocycles. The normalized spacial score (nSPS) is 11.5. The summed E-state index contributed by atoms with van der Waals surface area (Å²) in [6, 6.07) is 5.74. The summed E-state index contributed by atoms with van der Waals surface area (Å²) in [4.78, 5) is 24.6. The smallest absolute Gasteiger partial charge is 0.305 e. The van der Waals surface area contributed by atoms with Crippen molar-refractivity contribution in [2.45, 2.75) is 32.1 Å². The highest BCUT2D eigenvalue weighted by Gasteiger charge is 2.22. The van der Waals surface area contributed by atoms with E-state index < -0.39 is 16.0 Å². The molecule has 0 atom stereocenters. The maximum Gasteiger partial charge on any atom is 0.305 e. The molecule has 0 saturated heterocycles. The molecule has 0 aliphatic carbocycles. The summed E-state index contributed by atoms with van der Waals surface area (Å²) in [5.74, 6) is -1.28. The van der Waals surface area contributed by atoms with Crippen LogP contribution in [0.2, 0.25) is 0 Å². The van der Waals surface area contributed by atoms with Crippen molar-refractivity contribution in [1.82, 2.24) is 9.21 Å². The predicted molar refractivity (Wildman–Crippen MR) is 90.4 cm³/mol. The van der Waals surface area contributed by atoms with E-state index in [4.69, 9.17) is 5.11 Å². The lowest BCUT2D eigenvalue weighted by molar-refractivity contribution is -0.137. The number of sulfonamides is 1. The molecule has 1 aromatic carbocycles. The number of carboxylic acid groups (broad SMARTS) is 1. The second-order valence-corrected chi connectivity index (χ2v) is 7.08. The minimum atomic E-state index is -3.56. The highest BCUT2D eigenvalue weighted by atomic mass is 32.2. The minimum Gasteiger partial charge on any atom is -0.481 e. The predicted octanol–water partition coefficient (Wildman–Crippen LogP) is 1.65. The van der Waals surface area contributed by atoms with Gasteiger partial charge in [0.1, 0.15) is 0 Å². The zero-order valence-electron chi connectivity index (χ0n) is 14.2. The highest BCUT2D eigenvalue weighted by molar-refractivity contribution is 7.89. The van der Waals surface area contributed by atoms with Crippen LogP contribution in [0.4, 0.5) is 0 Å². The standard InChI is InChI=1S/C16H24N2O5S/c1-4-17(12-11-15(19)20)16(21)13-7-9-14(10-8-13)24(22,23)18(5-2)6-3/h7-10H,4-6,11-12H2,1-3H3,(H,19,20). The number of nitrogens with zero attached hydrogens (tertiary/aromatic N) is 2. The Morgan fingerprint density at radius 3 is 1.96 bits per heavy atom. The number of carbonyl (C=O) groups excluding carboxylic acids is 1. The highest BCUT2D eigenvalue weighted by Crippen LogP contribution is 2.17. The van der Waals surface area contributed by atoms with Crippen molar-refractivity contribution in [1.29, 1.82) is 0 Å². The van der Waals surface area contributed by atoms with Gasteiger partial charge in [0.2, 0.25) is 10.0 Å². The van der Waals surface area contributed by atoms with Crippen molar-refractivity contribution >= 4 is 21.9 Å². The summed E-state index contributed by atoms with van der Waals surface area (Å²) in [6.07, 6.45) is -0.131. The van der Waals surface area contributed by atoms with Gasteiger partial charge in [-0.15, -0.1) is 0 Å². The molecule has 1 amide bonds. The Labute approximate surface area is 142 Å². The number of hydrogen-bond acceptors (Lipinski definition) is 4. The maximum atomic E-state index is 12.4. The van der Waals surface area contributed by atoms with E-state index in [1.165, 1.54) is 33.5 Å². The van der Waals surface area contributed by atoms with Gasteiger partial charge in [-0.1, -0.05) is 13.8 Å². The second kappa shape index (κ2) is 8.79. The summed E-state index contributed by atoms with van der Waals surface area (Å²) in [5, 5.41) is 8.73. The van der Waals surface area contributed by atoms with Crippen molar-refractivity contribution in [3.63, 3.8) is 0 Å². The summed E-state index contributed by atoms with van der Waals surface area (Å²) in [5.41, 5.74) is 0.334. The summed E-state index contributed by atoms with van der Waals surface area (Å²) in [6.45, 7) is 6.53. The van der Waals surface area contributed by atoms with Crippen LogP contribution < -0.4 is 0 Å². The Morgan fingerprint density at radius 2 is 1.54 bits per heavy atom. The van der Waals surface area contributed by atoms with E-state index in [1.54, 1.807) is 20.8 Å². The van der Waals surface area contributed by atoms with Gasteiger partial charge in [0, 0.05) is 31.7 Å². The lowest BCUT2D eigenvalue weighted by atomic mass is 10.2. The van der Waals surface area contributed by atoms with Gasteiger partial charge in [-0.3, -0.25) is 9.59 Å². The third-order valence-electron chi connectivity index (χ3n) is 3.71. The first-order chi connectivity index (χ1) is 11.3. The largest absolute Gasteiger partial charge is 0.481 e. The van der Waals surface area contributed by atoms with Gasteiger partial charge >= 0.3 is 5.97 Å². The first kappa shape index (κ1) is 20.1. The Hall–Kier alpha value is -1.93. The molecule has 7 nitrogen and oxygen atoms in total. The van der Waals surface area contributed by atoms with Crippen LogP contribution in [0.25, 0.3) is 0 Å². The number of carbonyl (C=O) groups is 2. The van der Waals surface area contributed by atoms with Gasteiger partial charge in [-0.05, 0) is 31.2 Å². The Morgan fingerprint density at radius 1 is 1.00 bits per heavy atom. The van der Waals surface area contributed by atoms with Crippen LogP contribution in [0.1, 0.15) is 37.6 Å². The molecular weight excluding hydrogens is 332 g/mol. The lowest BCUT2D eigenvalue weighted by Gasteiger charge is -2.21. The Kier molecular flexibility index (Phi) is 7.37. The second-order valence-electron chi connectivity index (χ2n) is 5.14. The van der Waals surface area contributed by atoms with Crippen molar-refractivity contribution in [2.75, 3.05) is 26.2 Å². The van der Waals surface area contributed by atoms with Crippen LogP contribution in [0.3, 0.4) is 0 Å². The summed E-state index contributed by atoms with van der Waals surface area (Å²) < 4.78 is 26.2. The molecular formula is C16H24N2O5S. The topological polar surface area (TPSA) is 95.0 Å². The fraction of sp³-hybridized carbons (Fsp3) is 0.500. The van der Waals surface area contributed by atoms with E-state index in [2.05, 4.69) is 0 Å². The van der Waals surface area contributed by atoms with Gasteiger partial charge in [0.25, 0.3) is 5.91 Å². The van der Waals surface area contributed by atoms with E-state index in [9.17, 15) is 18.0 Å². The summed E-state index contributed by atoms with van der Waals surface area (Å²) in [7, 11) is -3.56. The van der Waals surface area contributed by atoms with Crippen molar-refractivity contribution in [3.05, 3.63) is 29.8 Å². The molecule has 0 unspecified atom stereocenters. The molecule has 0 aromatic heterocycles. The van der Waals surface area contributed by atoms with Crippen molar-refractivity contribution in [3.8, 4) is 0 Å². The molecule has 8 heteroatoms. The number of aliphatic carboxylic acids is 1. The molecule has 0 saturated carbocycles. The minimum absolute atomic E-state index is 0.115. The zero-order chi connectivity index (χ0) is 18.3. The number of hydrogen-bond donors (Lipinski definition) is 1. The van der Waals surface area contributed by atoms with Crippen LogP contribution in [-0.2, 0) is 14.8 Å². The van der Waals surface area contributed by atoms with E-state index in [1.807, 2.05) is 0 Å². The molecule has 1 N–H and O–H groups in total. The molecule has 134 valence electrons. The molecule has 0 aliphatic rings. The van der Waals surface area contributed by atoms with E-state index in [-0.39, 0.29) is 23.8 Å². The molecule has 0 spiro atoms. The van der Waals surface area contributed by atoms with Crippen LogP contribution in [-0.4, -0.2) is 60.8 Å². The molecule has 0 radical (unpaired) electrons. The first-order valence-electron chi connectivity index (χ1n) is 7.89. The van der Waals surface area contributed by atoms with Crippen molar-refractivity contribution < 1.29 is 23.1 Å². The molecule has 24 heavy (non-hydrogen) atoms. The number of amides is 1. The van der Waals surface area contributed by atoms with Gasteiger partial charge in [0.05, 0.1) is 11.3 Å². The van der Waals surface area contributed by atoms with Gasteiger partial charge < -0.3 is 10.0 Å². The fourth-order valence-electron chi connectivity index (χ4n) is 2.30. The quantitative estimate of drug-likeness (QED) is 0.726. The van der Waals surface area contributed by atoms with Crippen LogP contribution in [0.5, 0.6) is 0 Å². The maximum absolute atomic E-state index is 12.4. The number of rotatable bonds is 9. The Bertz CT molecular complexity index is 666. The lowest BCUT2D eigenvalue weighted by Crippen LogP contribution is -2.33. The summed E-state index contributed by atoms with van der Waals surface area (Å²) >= 11 is 0. The van der Waals surface area contributed by atoms with Gasteiger partial charge in [-0.25, -0.2) is 8.42 Å². The van der Waals surface area contributed by atoms with E-state index >= 15 is 0 Å². The number of carboxylic acids is 1. The molecule has 1 aromatic rings. The molecule has 0 fully saturated rings. The fourth-order valence-corrected chi connectivity index (χ4v) is 3.76.